The van der Waals surface area contributed by atoms with E-state index in [0.717, 1.165) is 0 Å². The van der Waals surface area contributed by atoms with E-state index < -0.39 is 5.56 Å². The van der Waals surface area contributed by atoms with Gasteiger partial charge in [-0.3, -0.25) is 9.59 Å². The van der Waals surface area contributed by atoms with Crippen LogP contribution in [0.1, 0.15) is 10.4 Å². The van der Waals surface area contributed by atoms with Gasteiger partial charge in [0.2, 0.25) is 0 Å². The number of nitrogens with zero attached hydrogens (tertiary/aromatic N) is 3. The number of aromatic amines is 1. The number of amides is 1. The lowest BCUT2D eigenvalue weighted by atomic mass is 9.99. The molecule has 22 heavy (non-hydrogen) atoms. The second kappa shape index (κ2) is 5.40. The van der Waals surface area contributed by atoms with E-state index in [-0.39, 0.29) is 5.91 Å². The van der Waals surface area contributed by atoms with Crippen molar-refractivity contribution >= 4 is 5.91 Å². The summed E-state index contributed by atoms with van der Waals surface area (Å²) in [5.74, 6) is -0.132. The Labute approximate surface area is 126 Å². The summed E-state index contributed by atoms with van der Waals surface area (Å²) in [6, 6.07) is 10.6. The molecule has 3 rings (SSSR count). The van der Waals surface area contributed by atoms with Crippen LogP contribution in [0.3, 0.4) is 0 Å². The molecule has 1 amide bonds. The Hall–Kier alpha value is -3.02. The summed E-state index contributed by atoms with van der Waals surface area (Å²) in [6.07, 6.45) is 1.71. The summed E-state index contributed by atoms with van der Waals surface area (Å²) in [4.78, 5) is 28.7. The van der Waals surface area contributed by atoms with Gasteiger partial charge in [-0.15, -0.1) is 10.2 Å². The van der Waals surface area contributed by atoms with E-state index in [0.29, 0.717) is 28.1 Å². The first-order valence-electron chi connectivity index (χ1n) is 6.74. The van der Waals surface area contributed by atoms with E-state index in [4.69, 9.17) is 0 Å². The predicted molar refractivity (Wildman–Crippen MR) is 82.7 cm³/mol. The van der Waals surface area contributed by atoms with Crippen LogP contribution in [-0.4, -0.2) is 40.1 Å². The van der Waals surface area contributed by atoms with Gasteiger partial charge in [0.05, 0.1) is 11.3 Å². The van der Waals surface area contributed by atoms with Crippen LogP contribution in [0.4, 0.5) is 0 Å². The highest BCUT2D eigenvalue weighted by atomic mass is 16.2. The minimum absolute atomic E-state index is 0.132. The SMILES string of the molecule is CN(C)C(=O)c1ccccc1-c1nnc(=O)c2ccc[nH]c1-2. The summed E-state index contributed by atoms with van der Waals surface area (Å²) in [7, 11) is 3.38. The average molecular weight is 294 g/mol. The number of fused-ring (bicyclic) bond motifs is 1. The summed E-state index contributed by atoms with van der Waals surface area (Å²) in [6.45, 7) is 0. The van der Waals surface area contributed by atoms with Gasteiger partial charge in [-0.1, -0.05) is 18.2 Å². The fourth-order valence-corrected chi connectivity index (χ4v) is 2.32. The van der Waals surface area contributed by atoms with Gasteiger partial charge in [0, 0.05) is 31.4 Å². The fraction of sp³-hybridized carbons (Fsp3) is 0.125. The maximum absolute atomic E-state index is 12.3. The molecular weight excluding hydrogens is 280 g/mol. The van der Waals surface area contributed by atoms with Gasteiger partial charge in [0.15, 0.2) is 0 Å². The standard InChI is InChI=1S/C16H14N4O2/c1-20(2)16(22)11-7-4-3-6-10(11)14-13-12(8-5-9-17-13)15(21)19-18-14/h3-9,17H,1-2H3. The molecule has 1 aromatic carbocycles. The highest BCUT2D eigenvalue weighted by Crippen LogP contribution is 2.29. The maximum Gasteiger partial charge on any atom is 0.297 e. The molecule has 1 aromatic rings. The number of carbonyl (C=O) groups is 1. The van der Waals surface area contributed by atoms with Crippen molar-refractivity contribution in [2.45, 2.75) is 0 Å². The average Bonchev–Trinajstić information content (AvgIpc) is 2.55. The number of benzene rings is 1. The quantitative estimate of drug-likeness (QED) is 0.779. The third-order valence-electron chi connectivity index (χ3n) is 3.38. The number of hydrogen-bond acceptors (Lipinski definition) is 4. The van der Waals surface area contributed by atoms with E-state index >= 15 is 0 Å². The number of nitrogens with one attached hydrogen (secondary N) is 1. The molecule has 0 saturated heterocycles. The van der Waals surface area contributed by atoms with Gasteiger partial charge in [-0.2, -0.15) is 0 Å². The zero-order valence-corrected chi connectivity index (χ0v) is 12.2. The van der Waals surface area contributed by atoms with Crippen LogP contribution in [0.5, 0.6) is 0 Å². The smallest absolute Gasteiger partial charge is 0.297 e. The van der Waals surface area contributed by atoms with Gasteiger partial charge >= 0.3 is 0 Å². The molecule has 0 radical (unpaired) electrons. The first-order chi connectivity index (χ1) is 10.6. The number of pyridine rings is 1. The molecule has 2 aliphatic heterocycles. The lowest BCUT2D eigenvalue weighted by Crippen LogP contribution is -2.23. The van der Waals surface area contributed by atoms with Gasteiger partial charge < -0.3 is 9.88 Å². The van der Waals surface area contributed by atoms with Crippen LogP contribution in [0.2, 0.25) is 0 Å². The first kappa shape index (κ1) is 13.9. The Morgan fingerprint density at radius 3 is 2.55 bits per heavy atom. The van der Waals surface area contributed by atoms with Gasteiger partial charge in [0.25, 0.3) is 11.5 Å². The van der Waals surface area contributed by atoms with Crippen molar-refractivity contribution in [1.82, 2.24) is 20.1 Å². The molecule has 0 atom stereocenters. The van der Waals surface area contributed by atoms with Gasteiger partial charge in [0.1, 0.15) is 5.69 Å². The molecule has 0 spiro atoms. The molecule has 2 aliphatic rings. The summed E-state index contributed by atoms with van der Waals surface area (Å²) in [5.41, 5.74) is 2.26. The van der Waals surface area contributed by atoms with Crippen LogP contribution in [0.15, 0.2) is 47.4 Å². The summed E-state index contributed by atoms with van der Waals surface area (Å²) < 4.78 is 0. The molecule has 6 nitrogen and oxygen atoms in total. The van der Waals surface area contributed by atoms with Gasteiger partial charge in [-0.05, 0) is 18.2 Å². The van der Waals surface area contributed by atoms with E-state index in [1.54, 1.807) is 50.6 Å². The van der Waals surface area contributed by atoms with Crippen LogP contribution >= 0.6 is 0 Å². The Balaban J connectivity index is 2.28. The highest BCUT2D eigenvalue weighted by molar-refractivity contribution is 6.01. The van der Waals surface area contributed by atoms with Crippen molar-refractivity contribution in [3.63, 3.8) is 0 Å². The minimum Gasteiger partial charge on any atom is -0.359 e. The van der Waals surface area contributed by atoms with Crippen molar-refractivity contribution in [1.29, 1.82) is 0 Å². The molecule has 110 valence electrons. The molecule has 0 bridgehead atoms. The lowest BCUT2D eigenvalue weighted by molar-refractivity contribution is 0.0828. The zero-order chi connectivity index (χ0) is 15.7. The normalized spacial score (nSPS) is 10.6. The van der Waals surface area contributed by atoms with E-state index in [9.17, 15) is 9.59 Å². The Morgan fingerprint density at radius 2 is 1.77 bits per heavy atom. The number of H-pyrrole nitrogens is 1. The second-order valence-corrected chi connectivity index (χ2v) is 5.06. The van der Waals surface area contributed by atoms with Crippen LogP contribution in [-0.2, 0) is 0 Å². The van der Waals surface area contributed by atoms with Crippen LogP contribution in [0.25, 0.3) is 22.5 Å². The van der Waals surface area contributed by atoms with E-state index in [2.05, 4.69) is 15.2 Å². The molecule has 0 aliphatic carbocycles. The Kier molecular flexibility index (Phi) is 3.42. The molecule has 0 unspecified atom stereocenters. The number of rotatable bonds is 2. The van der Waals surface area contributed by atoms with Crippen LogP contribution in [0, 0.1) is 0 Å². The maximum atomic E-state index is 12.3. The summed E-state index contributed by atoms with van der Waals surface area (Å²) in [5, 5.41) is 7.69. The molecule has 0 aromatic heterocycles. The third-order valence-corrected chi connectivity index (χ3v) is 3.38. The zero-order valence-electron chi connectivity index (χ0n) is 12.2. The molecular formula is C16H14N4O2. The molecule has 0 fully saturated rings. The number of carbonyl (C=O) groups excluding carboxylic acids is 1. The van der Waals surface area contributed by atoms with Crippen molar-refractivity contribution in [2.75, 3.05) is 14.1 Å². The monoisotopic (exact) mass is 294 g/mol. The largest absolute Gasteiger partial charge is 0.359 e. The van der Waals surface area contributed by atoms with Gasteiger partial charge in [-0.25, -0.2) is 0 Å². The lowest BCUT2D eigenvalue weighted by Gasteiger charge is -2.15. The van der Waals surface area contributed by atoms with Crippen molar-refractivity contribution in [2.24, 2.45) is 0 Å². The van der Waals surface area contributed by atoms with E-state index in [1.165, 1.54) is 4.90 Å². The van der Waals surface area contributed by atoms with Crippen molar-refractivity contribution < 1.29 is 4.79 Å². The Bertz CT molecular complexity index is 870. The minimum atomic E-state index is -0.396. The summed E-state index contributed by atoms with van der Waals surface area (Å²) >= 11 is 0. The van der Waals surface area contributed by atoms with E-state index in [1.807, 2.05) is 6.07 Å². The Morgan fingerprint density at radius 1 is 1.05 bits per heavy atom. The topological polar surface area (TPSA) is 79.0 Å². The molecule has 0 saturated carbocycles. The number of aromatic nitrogens is 3. The molecule has 6 heteroatoms. The highest BCUT2D eigenvalue weighted by Gasteiger charge is 2.20. The second-order valence-electron chi connectivity index (χ2n) is 5.06. The van der Waals surface area contributed by atoms with Crippen molar-refractivity contribution in [3.8, 4) is 22.5 Å². The molecule has 2 heterocycles. The molecule has 1 N–H and O–H groups in total. The van der Waals surface area contributed by atoms with Crippen molar-refractivity contribution in [3.05, 3.63) is 58.5 Å². The number of hydrogen-bond donors (Lipinski definition) is 1. The predicted octanol–water partition coefficient (Wildman–Crippen LogP) is 1.64. The third kappa shape index (κ3) is 2.24. The van der Waals surface area contributed by atoms with Crippen LogP contribution < -0.4 is 5.56 Å². The first-order valence-corrected chi connectivity index (χ1v) is 6.74. The fourth-order valence-electron chi connectivity index (χ4n) is 2.32.